The summed E-state index contributed by atoms with van der Waals surface area (Å²) in [6.07, 6.45) is 1.06. The van der Waals surface area contributed by atoms with Crippen LogP contribution in [0.5, 0.6) is 0 Å². The molecule has 0 aliphatic carbocycles. The predicted molar refractivity (Wildman–Crippen MR) is 102 cm³/mol. The number of imidazole rings is 1. The maximum atomic E-state index is 11.9. The van der Waals surface area contributed by atoms with Gasteiger partial charge >= 0.3 is 23.5 Å². The molecule has 3 unspecified atom stereocenters. The highest BCUT2D eigenvalue weighted by Gasteiger charge is 2.41. The Morgan fingerprint density at radius 1 is 1.25 bits per heavy atom. The molecular weight excluding hydrogens is 499 g/mol. The highest BCUT2D eigenvalue weighted by molar-refractivity contribution is 7.66. The van der Waals surface area contributed by atoms with E-state index in [9.17, 15) is 28.6 Å². The highest BCUT2D eigenvalue weighted by atomic mass is 31.3. The third-order valence-electron chi connectivity index (χ3n) is 3.93. The molecule has 2 heterocycles. The van der Waals surface area contributed by atoms with Gasteiger partial charge < -0.3 is 29.3 Å². The number of hydrogen-bond acceptors (Lipinski definition) is 11. The van der Waals surface area contributed by atoms with E-state index in [2.05, 4.69) is 28.2 Å². The molecule has 0 fully saturated rings. The number of methoxy groups -OCH3 is 1. The van der Waals surface area contributed by atoms with E-state index < -0.39 is 47.2 Å². The number of hydrogen-bond donors (Lipinski definition) is 5. The number of ether oxygens (including phenoxy) is 1. The summed E-state index contributed by atoms with van der Waals surface area (Å²) in [7, 11) is -15.4. The van der Waals surface area contributed by atoms with Gasteiger partial charge in [-0.3, -0.25) is 9.32 Å². The van der Waals surface area contributed by atoms with Crippen LogP contribution in [-0.2, 0) is 37.0 Å². The lowest BCUT2D eigenvalue weighted by atomic mass is 9.83. The summed E-state index contributed by atoms with van der Waals surface area (Å²) in [4.78, 5) is 53.8. The zero-order valence-electron chi connectivity index (χ0n) is 16.3. The molecule has 0 amide bonds. The molecule has 4 atom stereocenters. The molecule has 2 rings (SSSR count). The summed E-state index contributed by atoms with van der Waals surface area (Å²) in [5.74, 6) is 0. The van der Waals surface area contributed by atoms with Crippen molar-refractivity contribution in [1.82, 2.24) is 19.6 Å². The number of phosphoric ester groups is 1. The Morgan fingerprint density at radius 3 is 2.47 bits per heavy atom. The molecule has 2 aromatic heterocycles. The Morgan fingerprint density at radius 2 is 1.91 bits per heavy atom. The summed E-state index contributed by atoms with van der Waals surface area (Å²) in [5.41, 5.74) is -1.84. The largest absolute Gasteiger partial charge is 0.490 e. The van der Waals surface area contributed by atoms with E-state index in [-0.39, 0.29) is 17.8 Å². The first-order valence-electron chi connectivity index (χ1n) is 8.26. The lowest BCUT2D eigenvalue weighted by Crippen LogP contribution is -2.32. The minimum absolute atomic E-state index is 0.0776. The number of nitrogens with one attached hydrogen (secondary N) is 1. The monoisotopic (exact) mass is 517 g/mol. The summed E-state index contributed by atoms with van der Waals surface area (Å²) in [5, 5.41) is 13.7. The van der Waals surface area contributed by atoms with Gasteiger partial charge in [-0.25, -0.2) is 23.2 Å². The molecule has 0 spiro atoms. The standard InChI is InChI=1S/C12H18N5O12P3/c1-12(6-13,9-4-14-10-11(18)15-7-16-17(9)10)3-8(26-2)5-27-31(22,23)29-32(24,25)28-30(19,20)21/h4,7-8H,3,5H2,1-2H3,(H,22,23)(H,24,25)(H,15,16,18)(H2,19,20,21)/t8?,12-/m0/s1. The zero-order chi connectivity index (χ0) is 24.4. The third kappa shape index (κ3) is 6.85. The Labute approximate surface area is 179 Å². The predicted octanol–water partition coefficient (Wildman–Crippen LogP) is -0.0527. The van der Waals surface area contributed by atoms with Crippen molar-refractivity contribution in [2.75, 3.05) is 13.7 Å². The van der Waals surface area contributed by atoms with Crippen LogP contribution >= 0.6 is 23.5 Å². The number of rotatable bonds is 11. The fourth-order valence-corrected chi connectivity index (χ4v) is 5.61. The molecule has 32 heavy (non-hydrogen) atoms. The van der Waals surface area contributed by atoms with Gasteiger partial charge in [-0.15, -0.1) is 0 Å². The number of phosphoric acid groups is 3. The Kier molecular flexibility index (Phi) is 7.94. The quantitative estimate of drug-likeness (QED) is 0.245. The van der Waals surface area contributed by atoms with E-state index in [1.807, 2.05) is 6.07 Å². The zero-order valence-corrected chi connectivity index (χ0v) is 19.0. The number of nitrogens with zero attached hydrogens (tertiary/aromatic N) is 4. The first-order valence-corrected chi connectivity index (χ1v) is 12.8. The summed E-state index contributed by atoms with van der Waals surface area (Å²) in [6.45, 7) is 0.693. The molecule has 178 valence electrons. The van der Waals surface area contributed by atoms with Crippen LogP contribution in [0.4, 0.5) is 0 Å². The molecule has 17 nitrogen and oxygen atoms in total. The van der Waals surface area contributed by atoms with Crippen molar-refractivity contribution in [3.8, 4) is 6.07 Å². The maximum absolute atomic E-state index is 11.9. The van der Waals surface area contributed by atoms with Crippen LogP contribution < -0.4 is 5.56 Å². The minimum Gasteiger partial charge on any atom is -0.379 e. The van der Waals surface area contributed by atoms with Gasteiger partial charge in [0.2, 0.25) is 5.65 Å². The number of nitriles is 1. The lowest BCUT2D eigenvalue weighted by molar-refractivity contribution is 0.0306. The van der Waals surface area contributed by atoms with Crippen LogP contribution in [0.25, 0.3) is 5.65 Å². The van der Waals surface area contributed by atoms with Crippen molar-refractivity contribution in [2.24, 2.45) is 0 Å². The molecule has 20 heteroatoms. The van der Waals surface area contributed by atoms with E-state index in [1.54, 1.807) is 0 Å². The fraction of sp³-hybridized carbons (Fsp3) is 0.500. The molecule has 0 bridgehead atoms. The van der Waals surface area contributed by atoms with Gasteiger partial charge in [-0.05, 0) is 13.3 Å². The van der Waals surface area contributed by atoms with Crippen molar-refractivity contribution >= 4 is 29.1 Å². The van der Waals surface area contributed by atoms with E-state index >= 15 is 0 Å². The molecule has 0 aromatic carbocycles. The second-order valence-corrected chi connectivity index (χ2v) is 10.8. The van der Waals surface area contributed by atoms with Gasteiger partial charge in [0, 0.05) is 7.11 Å². The van der Waals surface area contributed by atoms with Gasteiger partial charge in [0.25, 0.3) is 5.56 Å². The SMILES string of the molecule is COC(COP(=O)(O)OP(=O)(O)OP(=O)(O)O)C[C@@](C)(C#N)c1cnc2c(=O)[nH]cnn12. The van der Waals surface area contributed by atoms with Gasteiger partial charge in [0.05, 0.1) is 30.7 Å². The molecular formula is C12H18N5O12P3. The van der Waals surface area contributed by atoms with E-state index in [0.717, 1.165) is 10.8 Å². The van der Waals surface area contributed by atoms with Crippen LogP contribution in [0.15, 0.2) is 17.3 Å². The van der Waals surface area contributed by atoms with Crippen molar-refractivity contribution in [3.63, 3.8) is 0 Å². The van der Waals surface area contributed by atoms with Crippen molar-refractivity contribution in [1.29, 1.82) is 5.26 Å². The van der Waals surface area contributed by atoms with Crippen LogP contribution in [0.3, 0.4) is 0 Å². The number of H-pyrrole nitrogens is 1. The second-order valence-electron chi connectivity index (χ2n) is 6.39. The number of aromatic amines is 1. The molecule has 0 saturated heterocycles. The molecule has 5 N–H and O–H groups in total. The number of aromatic nitrogens is 4. The van der Waals surface area contributed by atoms with Gasteiger partial charge in [-0.1, -0.05) is 0 Å². The summed E-state index contributed by atoms with van der Waals surface area (Å²) in [6, 6.07) is 2.02. The van der Waals surface area contributed by atoms with Gasteiger partial charge in [-0.2, -0.15) is 19.0 Å². The third-order valence-corrected chi connectivity index (χ3v) is 7.73. The van der Waals surface area contributed by atoms with E-state index in [0.29, 0.717) is 0 Å². The van der Waals surface area contributed by atoms with Crippen LogP contribution in [0.2, 0.25) is 0 Å². The average molecular weight is 517 g/mol. The fourth-order valence-electron chi connectivity index (χ4n) is 2.56. The first-order chi connectivity index (χ1) is 14.6. The van der Waals surface area contributed by atoms with Crippen LogP contribution in [0, 0.1) is 11.3 Å². The minimum atomic E-state index is -5.67. The van der Waals surface area contributed by atoms with Crippen LogP contribution in [0.1, 0.15) is 19.0 Å². The Balaban J connectivity index is 2.16. The topological polar surface area (TPSA) is 256 Å². The van der Waals surface area contributed by atoms with Gasteiger partial charge in [0.1, 0.15) is 11.7 Å². The number of fused-ring (bicyclic) bond motifs is 1. The normalized spacial score (nSPS) is 18.9. The lowest BCUT2D eigenvalue weighted by Gasteiger charge is -2.26. The van der Waals surface area contributed by atoms with Crippen LogP contribution in [-0.4, -0.2) is 59.0 Å². The summed E-state index contributed by atoms with van der Waals surface area (Å²) < 4.78 is 51.9. The Hall–Kier alpha value is -1.79. The van der Waals surface area contributed by atoms with Crippen molar-refractivity contribution < 1.29 is 51.2 Å². The Bertz CT molecular complexity index is 1220. The second kappa shape index (κ2) is 9.60. The van der Waals surface area contributed by atoms with E-state index in [4.69, 9.17) is 19.4 Å². The molecule has 0 radical (unpaired) electrons. The average Bonchev–Trinajstić information content (AvgIpc) is 3.08. The molecule has 0 aliphatic rings. The molecule has 0 saturated carbocycles. The molecule has 0 aliphatic heterocycles. The molecule has 2 aromatic rings. The maximum Gasteiger partial charge on any atom is 0.490 e. The first kappa shape index (κ1) is 26.5. The van der Waals surface area contributed by atoms with Crippen molar-refractivity contribution in [3.05, 3.63) is 28.6 Å². The van der Waals surface area contributed by atoms with Gasteiger partial charge in [0.15, 0.2) is 0 Å². The van der Waals surface area contributed by atoms with E-state index in [1.165, 1.54) is 20.2 Å². The highest BCUT2D eigenvalue weighted by Crippen LogP contribution is 2.66. The summed E-state index contributed by atoms with van der Waals surface area (Å²) >= 11 is 0. The smallest absolute Gasteiger partial charge is 0.379 e. The van der Waals surface area contributed by atoms with Crippen molar-refractivity contribution in [2.45, 2.75) is 24.9 Å².